The molecule has 0 saturated heterocycles. The van der Waals surface area contributed by atoms with Gasteiger partial charge in [-0.25, -0.2) is 4.79 Å². The van der Waals surface area contributed by atoms with E-state index in [1.165, 1.54) is 58.2 Å². The Balaban J connectivity index is 1.62. The number of hydrogen-bond donors (Lipinski definition) is 2. The number of allylic oxidation sites excluding steroid dienone is 1. The summed E-state index contributed by atoms with van der Waals surface area (Å²) in [6.07, 6.45) is 0.138. The van der Waals surface area contributed by atoms with Crippen LogP contribution in [0.3, 0.4) is 0 Å². The first-order chi connectivity index (χ1) is 20.4. The summed E-state index contributed by atoms with van der Waals surface area (Å²) in [6.45, 7) is 1.71. The largest absolute Gasteiger partial charge is 0.504 e. The van der Waals surface area contributed by atoms with Crippen LogP contribution in [0, 0.1) is 5.92 Å². The zero-order chi connectivity index (χ0) is 31.1. The zero-order valence-corrected chi connectivity index (χ0v) is 24.9. The van der Waals surface area contributed by atoms with Gasteiger partial charge in [0.2, 0.25) is 17.2 Å². The molecule has 3 heterocycles. The number of phenolic OH excluding ortho intramolecular Hbond substituents is 1. The number of carbonyl (C=O) groups excluding carboxylic acids is 2. The molecule has 1 aromatic heterocycles. The van der Waals surface area contributed by atoms with Gasteiger partial charge in [0.05, 0.1) is 26.9 Å². The number of nitrogens with zero attached hydrogens (tertiary/aromatic N) is 2. The van der Waals surface area contributed by atoms with E-state index < -0.39 is 40.3 Å². The molecule has 2 N–H and O–H groups in total. The van der Waals surface area contributed by atoms with E-state index in [4.69, 9.17) is 30.5 Å². The topological polar surface area (TPSA) is 147 Å². The number of benzene rings is 2. The van der Waals surface area contributed by atoms with Crippen molar-refractivity contribution in [1.29, 1.82) is 0 Å². The number of ketones is 2. The summed E-state index contributed by atoms with van der Waals surface area (Å²) in [5, 5.41) is 13.9. The maximum atomic E-state index is 14.9. The second-order valence-corrected chi connectivity index (χ2v) is 11.1. The number of carbonyl (C=O) groups is 2. The Labute approximate surface area is 250 Å². The highest BCUT2D eigenvalue weighted by atomic mass is 35.5. The molecular formula is C30H28ClN3O9. The van der Waals surface area contributed by atoms with Crippen LogP contribution in [0.2, 0.25) is 5.02 Å². The predicted octanol–water partition coefficient (Wildman–Crippen LogP) is 2.90. The lowest BCUT2D eigenvalue weighted by Gasteiger charge is -2.42. The second-order valence-electron chi connectivity index (χ2n) is 10.7. The summed E-state index contributed by atoms with van der Waals surface area (Å²) in [5.74, 6) is -2.66. The number of rotatable bonds is 4. The van der Waals surface area contributed by atoms with Gasteiger partial charge in [0.1, 0.15) is 27.9 Å². The lowest BCUT2D eigenvalue weighted by Crippen LogP contribution is -2.58. The van der Waals surface area contributed by atoms with E-state index in [1.54, 1.807) is 13.0 Å². The quantitative estimate of drug-likeness (QED) is 0.423. The maximum absolute atomic E-state index is 14.9. The van der Waals surface area contributed by atoms with Crippen molar-refractivity contribution in [2.45, 2.75) is 24.9 Å². The monoisotopic (exact) mass is 609 g/mol. The van der Waals surface area contributed by atoms with Crippen LogP contribution in [0.25, 0.3) is 0 Å². The first-order valence-electron chi connectivity index (χ1n) is 13.3. The molecule has 0 radical (unpaired) electrons. The molecule has 0 amide bonds. The summed E-state index contributed by atoms with van der Waals surface area (Å²) < 4.78 is 24.6. The Kier molecular flexibility index (Phi) is 6.38. The summed E-state index contributed by atoms with van der Waals surface area (Å²) in [6, 6.07) is 5.97. The normalized spacial score (nSPS) is 22.0. The summed E-state index contributed by atoms with van der Waals surface area (Å²) >= 11 is 6.58. The van der Waals surface area contributed by atoms with Crippen LogP contribution in [0.1, 0.15) is 40.7 Å². The minimum Gasteiger partial charge on any atom is -0.504 e. The van der Waals surface area contributed by atoms with Crippen LogP contribution >= 0.6 is 11.6 Å². The van der Waals surface area contributed by atoms with Crippen molar-refractivity contribution in [3.05, 3.63) is 78.1 Å². The fourth-order valence-electron chi connectivity index (χ4n) is 6.41. The number of hydrogen-bond acceptors (Lipinski definition) is 10. The third-order valence-corrected chi connectivity index (χ3v) is 8.97. The van der Waals surface area contributed by atoms with E-state index in [9.17, 15) is 24.3 Å². The van der Waals surface area contributed by atoms with Crippen molar-refractivity contribution in [1.82, 2.24) is 9.13 Å². The Morgan fingerprint density at radius 3 is 2.28 bits per heavy atom. The van der Waals surface area contributed by atoms with E-state index in [-0.39, 0.29) is 62.7 Å². The molecule has 0 bridgehead atoms. The molecule has 43 heavy (non-hydrogen) atoms. The van der Waals surface area contributed by atoms with Gasteiger partial charge < -0.3 is 29.4 Å². The highest BCUT2D eigenvalue weighted by Gasteiger charge is 2.63. The molecule has 0 saturated carbocycles. The number of methoxy groups -OCH3 is 3. The molecule has 2 aromatic carbocycles. The van der Waals surface area contributed by atoms with Crippen molar-refractivity contribution in [3.8, 4) is 28.7 Å². The summed E-state index contributed by atoms with van der Waals surface area (Å²) in [4.78, 5) is 55.8. The van der Waals surface area contributed by atoms with Crippen LogP contribution in [0.4, 0.5) is 5.82 Å². The van der Waals surface area contributed by atoms with Crippen LogP contribution < -0.4 is 35.5 Å². The minimum absolute atomic E-state index is 0.0101. The highest BCUT2D eigenvalue weighted by Crippen LogP contribution is 2.56. The molecule has 3 aliphatic rings. The van der Waals surface area contributed by atoms with E-state index >= 15 is 0 Å². The van der Waals surface area contributed by atoms with E-state index in [2.05, 4.69) is 5.32 Å². The van der Waals surface area contributed by atoms with Crippen LogP contribution in [0.15, 0.2) is 45.1 Å². The average Bonchev–Trinajstić information content (AvgIpc) is 3.31. The molecule has 0 fully saturated rings. The van der Waals surface area contributed by atoms with Crippen LogP contribution in [0.5, 0.6) is 28.7 Å². The Morgan fingerprint density at radius 1 is 0.977 bits per heavy atom. The van der Waals surface area contributed by atoms with Crippen LogP contribution in [-0.2, 0) is 18.9 Å². The molecule has 224 valence electrons. The molecule has 3 aromatic rings. The lowest BCUT2D eigenvalue weighted by atomic mass is 9.66. The number of nitrogens with one attached hydrogen (secondary N) is 1. The number of Topliss-reactive ketones (excluding diaryl/α,β-unsaturated/α-hetero) is 2. The zero-order valence-electron chi connectivity index (χ0n) is 24.2. The van der Waals surface area contributed by atoms with E-state index in [0.717, 1.165) is 4.57 Å². The van der Waals surface area contributed by atoms with E-state index in [0.29, 0.717) is 11.3 Å². The van der Waals surface area contributed by atoms with Gasteiger partial charge in [-0.3, -0.25) is 23.5 Å². The molecular weight excluding hydrogens is 582 g/mol. The Bertz CT molecular complexity index is 1930. The van der Waals surface area contributed by atoms with Crippen LogP contribution in [-0.4, -0.2) is 52.7 Å². The molecule has 3 atom stereocenters. The third kappa shape index (κ3) is 3.62. The fourth-order valence-corrected chi connectivity index (χ4v) is 6.67. The van der Waals surface area contributed by atoms with Crippen molar-refractivity contribution in [2.24, 2.45) is 20.0 Å². The van der Waals surface area contributed by atoms with Gasteiger partial charge in [-0.2, -0.15) is 0 Å². The fraction of sp³-hybridized carbons (Fsp3) is 0.333. The smallest absolute Gasteiger partial charge is 0.332 e. The number of ether oxygens (including phenoxy) is 4. The standard InChI is InChI=1S/C30H28ClN3O9/c1-12-9-14-20(25(36)30(12)26(37)21-17(41-5)11-18(42-6)23(31)24(21)43-30)19(13-7-8-16(40-4)15(35)10-13)22-27(32-14)33(2)29(39)34(3)28(22)38/h7-8,10-12,19,32,35H,9H2,1-6H3. The van der Waals surface area contributed by atoms with Crippen molar-refractivity contribution < 1.29 is 33.6 Å². The number of anilines is 1. The predicted molar refractivity (Wildman–Crippen MR) is 155 cm³/mol. The maximum Gasteiger partial charge on any atom is 0.332 e. The van der Waals surface area contributed by atoms with Crippen molar-refractivity contribution in [2.75, 3.05) is 26.6 Å². The SMILES string of the molecule is COc1ccc(C2C3=C(CC(C)C4(Oc5c(Cl)c(OC)cc(OC)c5C4=O)C3=O)Nc3c2c(=O)n(C)c(=O)n3C)cc1O. The van der Waals surface area contributed by atoms with Gasteiger partial charge in [-0.05, 0) is 24.1 Å². The first kappa shape index (κ1) is 28.4. The molecule has 3 unspecified atom stereocenters. The van der Waals surface area contributed by atoms with Gasteiger partial charge >= 0.3 is 5.69 Å². The molecule has 1 aliphatic carbocycles. The first-order valence-corrected chi connectivity index (χ1v) is 13.7. The number of halogens is 1. The highest BCUT2D eigenvalue weighted by molar-refractivity contribution is 6.36. The number of aromatic hydroxyl groups is 1. The second kappa shape index (κ2) is 9.66. The molecule has 1 spiro atoms. The summed E-state index contributed by atoms with van der Waals surface area (Å²) in [5.41, 5.74) is -2.27. The average molecular weight is 610 g/mol. The number of fused-ring (bicyclic) bond motifs is 2. The Hall–Kier alpha value is -4.71. The van der Waals surface area contributed by atoms with Crippen molar-refractivity contribution >= 4 is 29.0 Å². The van der Waals surface area contributed by atoms with Gasteiger partial charge in [-0.1, -0.05) is 24.6 Å². The van der Waals surface area contributed by atoms with Gasteiger partial charge in [0, 0.05) is 43.3 Å². The minimum atomic E-state index is -2.04. The molecule has 12 nitrogen and oxygen atoms in total. The molecule has 6 rings (SSSR count). The van der Waals surface area contributed by atoms with Gasteiger partial charge in [0.15, 0.2) is 17.2 Å². The Morgan fingerprint density at radius 2 is 1.65 bits per heavy atom. The van der Waals surface area contributed by atoms with Gasteiger partial charge in [0.25, 0.3) is 5.56 Å². The number of phenols is 1. The van der Waals surface area contributed by atoms with Crippen molar-refractivity contribution in [3.63, 3.8) is 0 Å². The summed E-state index contributed by atoms with van der Waals surface area (Å²) in [7, 11) is 7.03. The lowest BCUT2D eigenvalue weighted by molar-refractivity contribution is -0.130. The molecule has 2 aliphatic heterocycles. The molecule has 13 heteroatoms. The van der Waals surface area contributed by atoms with E-state index in [1.807, 2.05) is 0 Å². The van der Waals surface area contributed by atoms with Gasteiger partial charge in [-0.15, -0.1) is 0 Å². The third-order valence-electron chi connectivity index (χ3n) is 8.61. The number of aromatic nitrogens is 2.